The van der Waals surface area contributed by atoms with Gasteiger partial charge >= 0.3 is 5.97 Å². The van der Waals surface area contributed by atoms with E-state index < -0.39 is 5.60 Å². The molecule has 3 nitrogen and oxygen atoms in total. The van der Waals surface area contributed by atoms with E-state index in [1.807, 2.05) is 6.92 Å². The van der Waals surface area contributed by atoms with Gasteiger partial charge in [0.1, 0.15) is 5.60 Å². The van der Waals surface area contributed by atoms with Crippen molar-refractivity contribution in [3.8, 4) is 0 Å². The average molecular weight is 238 g/mol. The summed E-state index contributed by atoms with van der Waals surface area (Å²) in [6.07, 6.45) is 4.41. The summed E-state index contributed by atoms with van der Waals surface area (Å²) in [7, 11) is 0. The highest BCUT2D eigenvalue weighted by Crippen LogP contribution is 2.40. The molecule has 0 radical (unpaired) electrons. The number of Topliss-reactive ketones (excluding diaryl/α,β-unsaturated/α-hetero) is 1. The molecule has 1 heterocycles. The summed E-state index contributed by atoms with van der Waals surface area (Å²) in [5.41, 5.74) is 0.470. The van der Waals surface area contributed by atoms with Gasteiger partial charge in [0, 0.05) is 11.1 Å². The number of ketones is 1. The molecule has 0 aromatic rings. The number of hydrogen-bond donors (Lipinski definition) is 0. The maximum atomic E-state index is 11.8. The third-order valence-electron chi connectivity index (χ3n) is 3.36. The molecule has 96 valence electrons. The van der Waals surface area contributed by atoms with E-state index in [9.17, 15) is 9.59 Å². The molecule has 0 amide bonds. The van der Waals surface area contributed by atoms with Crippen LogP contribution < -0.4 is 0 Å². The van der Waals surface area contributed by atoms with Gasteiger partial charge in [-0.1, -0.05) is 26.7 Å². The van der Waals surface area contributed by atoms with E-state index in [1.165, 1.54) is 6.92 Å². The van der Waals surface area contributed by atoms with Crippen LogP contribution in [-0.4, -0.2) is 17.4 Å². The van der Waals surface area contributed by atoms with E-state index in [4.69, 9.17) is 4.74 Å². The van der Waals surface area contributed by atoms with Gasteiger partial charge in [0.05, 0.1) is 0 Å². The minimum atomic E-state index is -0.641. The smallest absolute Gasteiger partial charge is 0.335 e. The van der Waals surface area contributed by atoms with Crippen LogP contribution in [0.25, 0.3) is 0 Å². The van der Waals surface area contributed by atoms with Crippen molar-refractivity contribution in [2.45, 2.75) is 65.4 Å². The summed E-state index contributed by atoms with van der Waals surface area (Å²) >= 11 is 0. The lowest BCUT2D eigenvalue weighted by molar-refractivity contribution is -0.148. The first-order chi connectivity index (χ1) is 7.98. The molecule has 0 aliphatic carbocycles. The van der Waals surface area contributed by atoms with E-state index in [0.717, 1.165) is 32.1 Å². The molecule has 3 heteroatoms. The van der Waals surface area contributed by atoms with Crippen LogP contribution in [0.3, 0.4) is 0 Å². The second kappa shape index (κ2) is 5.48. The molecule has 1 atom stereocenters. The predicted octanol–water partition coefficient (Wildman–Crippen LogP) is 3.18. The molecular formula is C14H22O3. The Labute approximate surface area is 103 Å². The van der Waals surface area contributed by atoms with Crippen LogP contribution in [-0.2, 0) is 14.3 Å². The number of carbonyl (C=O) groups is 2. The third kappa shape index (κ3) is 2.59. The van der Waals surface area contributed by atoms with Crippen molar-refractivity contribution >= 4 is 11.8 Å². The van der Waals surface area contributed by atoms with Gasteiger partial charge in [-0.15, -0.1) is 0 Å². The minimum absolute atomic E-state index is 0.0297. The largest absolute Gasteiger partial charge is 0.451 e. The van der Waals surface area contributed by atoms with Crippen LogP contribution in [0, 0.1) is 0 Å². The molecule has 0 saturated carbocycles. The molecule has 0 saturated heterocycles. The molecule has 0 spiro atoms. The summed E-state index contributed by atoms with van der Waals surface area (Å²) in [5.74, 6) is -0.349. The van der Waals surface area contributed by atoms with Gasteiger partial charge in [0.25, 0.3) is 0 Å². The Morgan fingerprint density at radius 3 is 2.35 bits per heavy atom. The lowest BCUT2D eigenvalue weighted by atomic mass is 9.82. The topological polar surface area (TPSA) is 43.4 Å². The average Bonchev–Trinajstić information content (AvgIpc) is 2.49. The van der Waals surface area contributed by atoms with Crippen molar-refractivity contribution < 1.29 is 14.3 Å². The van der Waals surface area contributed by atoms with Gasteiger partial charge in [0.15, 0.2) is 5.78 Å². The predicted molar refractivity (Wildman–Crippen MR) is 66.6 cm³/mol. The normalized spacial score (nSPS) is 24.1. The third-order valence-corrected chi connectivity index (χ3v) is 3.36. The highest BCUT2D eigenvalue weighted by molar-refractivity contribution is 6.07. The fraction of sp³-hybridized carbons (Fsp3) is 0.714. The molecule has 0 fully saturated rings. The number of esters is 1. The van der Waals surface area contributed by atoms with E-state index in [-0.39, 0.29) is 11.8 Å². The lowest BCUT2D eigenvalue weighted by Crippen LogP contribution is -2.34. The lowest BCUT2D eigenvalue weighted by Gasteiger charge is -2.30. The molecule has 0 aromatic carbocycles. The molecule has 0 N–H and O–H groups in total. The van der Waals surface area contributed by atoms with Crippen molar-refractivity contribution in [2.24, 2.45) is 0 Å². The fourth-order valence-corrected chi connectivity index (χ4v) is 2.68. The Kier molecular flexibility index (Phi) is 4.49. The summed E-state index contributed by atoms with van der Waals surface area (Å²) in [6.45, 7) is 7.37. The van der Waals surface area contributed by atoms with Gasteiger partial charge in [-0.05, 0) is 33.1 Å². The number of ether oxygens (including phenoxy) is 1. The zero-order chi connectivity index (χ0) is 13.1. The SMILES string of the molecule is CCCCC1(CCC)OC(=O)C(C)=C1C(C)=O. The molecule has 1 aliphatic rings. The van der Waals surface area contributed by atoms with Gasteiger partial charge in [-0.25, -0.2) is 4.79 Å². The maximum absolute atomic E-state index is 11.8. The van der Waals surface area contributed by atoms with Crippen LogP contribution in [0.15, 0.2) is 11.1 Å². The molecule has 1 unspecified atom stereocenters. The zero-order valence-corrected chi connectivity index (χ0v) is 11.3. The van der Waals surface area contributed by atoms with Crippen molar-refractivity contribution in [3.05, 3.63) is 11.1 Å². The van der Waals surface area contributed by atoms with Gasteiger partial charge in [-0.3, -0.25) is 4.79 Å². The van der Waals surface area contributed by atoms with Crippen molar-refractivity contribution in [1.29, 1.82) is 0 Å². The van der Waals surface area contributed by atoms with Crippen molar-refractivity contribution in [3.63, 3.8) is 0 Å². The summed E-state index contributed by atoms with van der Waals surface area (Å²) in [6, 6.07) is 0. The molecule has 17 heavy (non-hydrogen) atoms. The van der Waals surface area contributed by atoms with Crippen LogP contribution >= 0.6 is 0 Å². The monoisotopic (exact) mass is 238 g/mol. The van der Waals surface area contributed by atoms with Gasteiger partial charge in [0.2, 0.25) is 0 Å². The first-order valence-electron chi connectivity index (χ1n) is 6.44. The zero-order valence-electron chi connectivity index (χ0n) is 11.3. The summed E-state index contributed by atoms with van der Waals surface area (Å²) in [5, 5.41) is 0. The second-order valence-electron chi connectivity index (χ2n) is 4.79. The maximum Gasteiger partial charge on any atom is 0.335 e. The van der Waals surface area contributed by atoms with E-state index >= 15 is 0 Å². The first kappa shape index (κ1) is 13.9. The summed E-state index contributed by atoms with van der Waals surface area (Å²) < 4.78 is 5.54. The molecule has 1 rings (SSSR count). The van der Waals surface area contributed by atoms with Crippen molar-refractivity contribution in [1.82, 2.24) is 0 Å². The Bertz CT molecular complexity index is 354. The Morgan fingerprint density at radius 1 is 1.24 bits per heavy atom. The van der Waals surface area contributed by atoms with Gasteiger partial charge < -0.3 is 4.74 Å². The van der Waals surface area contributed by atoms with Crippen LogP contribution in [0.4, 0.5) is 0 Å². The highest BCUT2D eigenvalue weighted by Gasteiger charge is 2.46. The number of rotatable bonds is 6. The van der Waals surface area contributed by atoms with E-state index in [1.54, 1.807) is 6.92 Å². The Balaban J connectivity index is 3.12. The first-order valence-corrected chi connectivity index (χ1v) is 6.44. The number of unbranched alkanes of at least 4 members (excludes halogenated alkanes) is 1. The fourth-order valence-electron chi connectivity index (χ4n) is 2.68. The highest BCUT2D eigenvalue weighted by atomic mass is 16.6. The molecular weight excluding hydrogens is 216 g/mol. The molecule has 0 bridgehead atoms. The van der Waals surface area contributed by atoms with Crippen molar-refractivity contribution in [2.75, 3.05) is 0 Å². The summed E-state index contributed by atoms with van der Waals surface area (Å²) in [4.78, 5) is 23.5. The number of carbonyl (C=O) groups excluding carboxylic acids is 2. The minimum Gasteiger partial charge on any atom is -0.451 e. The van der Waals surface area contributed by atoms with Crippen LogP contribution in [0.1, 0.15) is 59.8 Å². The molecule has 1 aliphatic heterocycles. The van der Waals surface area contributed by atoms with E-state index in [0.29, 0.717) is 11.1 Å². The standard InChI is InChI=1S/C14H22O3/c1-5-7-9-14(8-6-2)12(11(4)15)10(3)13(16)17-14/h5-9H2,1-4H3. The van der Waals surface area contributed by atoms with Gasteiger partial charge in [-0.2, -0.15) is 0 Å². The van der Waals surface area contributed by atoms with Crippen LogP contribution in [0.5, 0.6) is 0 Å². The van der Waals surface area contributed by atoms with Crippen LogP contribution in [0.2, 0.25) is 0 Å². The second-order valence-corrected chi connectivity index (χ2v) is 4.79. The quantitative estimate of drug-likeness (QED) is 0.667. The number of cyclic esters (lactones) is 1. The molecule has 0 aromatic heterocycles. The van der Waals surface area contributed by atoms with E-state index in [2.05, 4.69) is 6.92 Å². The Hall–Kier alpha value is -1.12. The number of hydrogen-bond acceptors (Lipinski definition) is 3. The Morgan fingerprint density at radius 2 is 1.88 bits per heavy atom.